The van der Waals surface area contributed by atoms with Crippen LogP contribution in [0.1, 0.15) is 35.4 Å². The van der Waals surface area contributed by atoms with E-state index in [1.807, 2.05) is 6.92 Å². The first-order valence-electron chi connectivity index (χ1n) is 6.31. The van der Waals surface area contributed by atoms with E-state index in [-0.39, 0.29) is 17.8 Å². The van der Waals surface area contributed by atoms with Gasteiger partial charge in [0.2, 0.25) is 0 Å². The number of nitrogens with zero attached hydrogens (tertiary/aromatic N) is 4. The van der Waals surface area contributed by atoms with Gasteiger partial charge in [0, 0.05) is 26.1 Å². The van der Waals surface area contributed by atoms with Gasteiger partial charge in [-0.15, -0.1) is 0 Å². The van der Waals surface area contributed by atoms with Gasteiger partial charge >= 0.3 is 0 Å². The highest BCUT2D eigenvalue weighted by Crippen LogP contribution is 2.28. The molecule has 2 rings (SSSR count). The quantitative estimate of drug-likeness (QED) is 0.350. The molecule has 1 fully saturated rings. The molecule has 0 spiro atoms. The largest absolute Gasteiger partial charge is 0.409 e. The first kappa shape index (κ1) is 13.4. The van der Waals surface area contributed by atoms with Crippen molar-refractivity contribution in [1.29, 1.82) is 0 Å². The van der Waals surface area contributed by atoms with Crippen molar-refractivity contribution in [3.63, 3.8) is 0 Å². The highest BCUT2D eigenvalue weighted by atomic mass is 16.4. The Morgan fingerprint density at radius 3 is 2.84 bits per heavy atom. The number of nitrogens with two attached hydrogens (primary N) is 1. The number of oxime groups is 1. The fourth-order valence-electron chi connectivity index (χ4n) is 2.08. The molecule has 1 amide bonds. The maximum atomic E-state index is 12.5. The van der Waals surface area contributed by atoms with E-state index < -0.39 is 0 Å². The summed E-state index contributed by atoms with van der Waals surface area (Å²) in [6.07, 6.45) is 2.40. The lowest BCUT2D eigenvalue weighted by Crippen LogP contribution is -2.36. The highest BCUT2D eigenvalue weighted by molar-refractivity contribution is 5.93. The third-order valence-corrected chi connectivity index (χ3v) is 3.21. The Balaban J connectivity index is 2.10. The van der Waals surface area contributed by atoms with Crippen molar-refractivity contribution < 1.29 is 10.0 Å². The fourth-order valence-corrected chi connectivity index (χ4v) is 2.08. The number of rotatable bonds is 5. The van der Waals surface area contributed by atoms with Crippen LogP contribution in [0.4, 0.5) is 0 Å². The van der Waals surface area contributed by atoms with Crippen molar-refractivity contribution in [2.24, 2.45) is 17.9 Å². The predicted molar refractivity (Wildman–Crippen MR) is 70.0 cm³/mol. The molecule has 0 radical (unpaired) electrons. The Kier molecular flexibility index (Phi) is 3.73. The van der Waals surface area contributed by atoms with E-state index in [2.05, 4.69) is 10.3 Å². The monoisotopic (exact) mass is 265 g/mol. The summed E-state index contributed by atoms with van der Waals surface area (Å²) in [7, 11) is 1.76. The van der Waals surface area contributed by atoms with E-state index in [0.717, 1.165) is 18.5 Å². The molecule has 1 aliphatic carbocycles. The molecule has 1 aliphatic rings. The van der Waals surface area contributed by atoms with E-state index in [1.165, 1.54) is 0 Å². The molecule has 19 heavy (non-hydrogen) atoms. The summed E-state index contributed by atoms with van der Waals surface area (Å²) in [5.41, 5.74) is 6.85. The lowest BCUT2D eigenvalue weighted by molar-refractivity contribution is 0.0736. The van der Waals surface area contributed by atoms with Crippen LogP contribution in [0.2, 0.25) is 0 Å². The minimum atomic E-state index is -0.0451. The van der Waals surface area contributed by atoms with Gasteiger partial charge in [-0.3, -0.25) is 9.48 Å². The average molecular weight is 265 g/mol. The smallest absolute Gasteiger partial charge is 0.272 e. The second kappa shape index (κ2) is 5.29. The summed E-state index contributed by atoms with van der Waals surface area (Å²) in [5, 5.41) is 15.7. The predicted octanol–water partition coefficient (Wildman–Crippen LogP) is 0.470. The first-order valence-corrected chi connectivity index (χ1v) is 6.31. The number of amides is 1. The van der Waals surface area contributed by atoms with Crippen molar-refractivity contribution in [2.75, 3.05) is 6.54 Å². The lowest BCUT2D eigenvalue weighted by Gasteiger charge is -2.22. The minimum Gasteiger partial charge on any atom is -0.409 e. The molecule has 1 saturated carbocycles. The van der Waals surface area contributed by atoms with Crippen LogP contribution in [-0.2, 0) is 7.05 Å². The van der Waals surface area contributed by atoms with Crippen LogP contribution in [0.3, 0.4) is 0 Å². The standard InChI is InChI=1S/C12H19N5O2/c1-8-7-10(16(2)14-8)12(18)17(9-3-4-9)6-5-11(13)15-19/h7,9,19H,3-6H2,1-2H3,(H2,13,15). The Morgan fingerprint density at radius 2 is 2.37 bits per heavy atom. The van der Waals surface area contributed by atoms with Gasteiger partial charge < -0.3 is 15.8 Å². The van der Waals surface area contributed by atoms with E-state index in [9.17, 15) is 4.79 Å². The number of hydrogen-bond donors (Lipinski definition) is 2. The highest BCUT2D eigenvalue weighted by Gasteiger charge is 2.34. The van der Waals surface area contributed by atoms with Gasteiger partial charge in [0.25, 0.3) is 5.91 Å². The molecule has 0 aromatic carbocycles. The molecule has 0 saturated heterocycles. The molecule has 7 nitrogen and oxygen atoms in total. The van der Waals surface area contributed by atoms with Gasteiger partial charge in [0.1, 0.15) is 11.5 Å². The number of aromatic nitrogens is 2. The maximum Gasteiger partial charge on any atom is 0.272 e. The molecule has 1 aromatic rings. The molecular weight excluding hydrogens is 246 g/mol. The van der Waals surface area contributed by atoms with Crippen LogP contribution in [-0.4, -0.2) is 44.2 Å². The molecule has 1 heterocycles. The Morgan fingerprint density at radius 1 is 1.68 bits per heavy atom. The molecule has 0 unspecified atom stereocenters. The molecule has 7 heteroatoms. The van der Waals surface area contributed by atoms with Crippen LogP contribution in [0.15, 0.2) is 11.2 Å². The van der Waals surface area contributed by atoms with Crippen LogP contribution >= 0.6 is 0 Å². The van der Waals surface area contributed by atoms with Crippen LogP contribution in [0.25, 0.3) is 0 Å². The van der Waals surface area contributed by atoms with Crippen LogP contribution < -0.4 is 5.73 Å². The van der Waals surface area contributed by atoms with Crippen LogP contribution in [0, 0.1) is 6.92 Å². The fraction of sp³-hybridized carbons (Fsp3) is 0.583. The van der Waals surface area contributed by atoms with Gasteiger partial charge in [0.15, 0.2) is 0 Å². The maximum absolute atomic E-state index is 12.5. The second-order valence-corrected chi connectivity index (χ2v) is 4.87. The minimum absolute atomic E-state index is 0.0451. The van der Waals surface area contributed by atoms with Gasteiger partial charge in [-0.25, -0.2) is 0 Å². The molecule has 0 atom stereocenters. The van der Waals surface area contributed by atoms with Crippen molar-refractivity contribution in [3.05, 3.63) is 17.5 Å². The number of carbonyl (C=O) groups is 1. The molecule has 1 aromatic heterocycles. The number of amidine groups is 1. The van der Waals surface area contributed by atoms with Crippen molar-refractivity contribution in [3.8, 4) is 0 Å². The zero-order valence-electron chi connectivity index (χ0n) is 11.2. The van der Waals surface area contributed by atoms with Crippen LogP contribution in [0.5, 0.6) is 0 Å². The van der Waals surface area contributed by atoms with E-state index >= 15 is 0 Å². The zero-order valence-corrected chi connectivity index (χ0v) is 11.2. The van der Waals surface area contributed by atoms with E-state index in [1.54, 1.807) is 22.7 Å². The normalized spacial score (nSPS) is 15.6. The van der Waals surface area contributed by atoms with Crippen molar-refractivity contribution in [2.45, 2.75) is 32.2 Å². The summed E-state index contributed by atoms with van der Waals surface area (Å²) < 4.78 is 1.59. The van der Waals surface area contributed by atoms with Gasteiger partial charge in [-0.1, -0.05) is 5.16 Å². The zero-order chi connectivity index (χ0) is 14.0. The number of carbonyl (C=O) groups excluding carboxylic acids is 1. The molecule has 0 aliphatic heterocycles. The molecule has 104 valence electrons. The lowest BCUT2D eigenvalue weighted by atomic mass is 10.3. The van der Waals surface area contributed by atoms with E-state index in [4.69, 9.17) is 10.9 Å². The van der Waals surface area contributed by atoms with E-state index in [0.29, 0.717) is 18.7 Å². The molecular formula is C12H19N5O2. The average Bonchev–Trinajstić information content (AvgIpc) is 3.14. The van der Waals surface area contributed by atoms with Crippen molar-refractivity contribution in [1.82, 2.24) is 14.7 Å². The first-order chi connectivity index (χ1) is 9.02. The van der Waals surface area contributed by atoms with Gasteiger partial charge in [0.05, 0.1) is 5.69 Å². The molecule has 3 N–H and O–H groups in total. The van der Waals surface area contributed by atoms with Crippen molar-refractivity contribution >= 4 is 11.7 Å². The van der Waals surface area contributed by atoms with Gasteiger partial charge in [-0.2, -0.15) is 5.10 Å². The Labute approximate surface area is 111 Å². The second-order valence-electron chi connectivity index (χ2n) is 4.87. The summed E-state index contributed by atoms with van der Waals surface area (Å²) in [6, 6.07) is 2.05. The Hall–Kier alpha value is -2.05. The number of aryl methyl sites for hydroxylation is 2. The summed E-state index contributed by atoms with van der Waals surface area (Å²) in [4.78, 5) is 14.3. The topological polar surface area (TPSA) is 96.7 Å². The van der Waals surface area contributed by atoms with Gasteiger partial charge in [-0.05, 0) is 25.8 Å². The summed E-state index contributed by atoms with van der Waals surface area (Å²) >= 11 is 0. The molecule has 0 bridgehead atoms. The number of hydrogen-bond acceptors (Lipinski definition) is 4. The third kappa shape index (κ3) is 3.04. The SMILES string of the molecule is Cc1cc(C(=O)N(CCC(N)=NO)C2CC2)n(C)n1. The Bertz CT molecular complexity index is 504. The third-order valence-electron chi connectivity index (χ3n) is 3.21. The summed E-state index contributed by atoms with van der Waals surface area (Å²) in [5.74, 6) is 0.0935. The summed E-state index contributed by atoms with van der Waals surface area (Å²) in [6.45, 7) is 2.32.